The number of allylic oxidation sites excluding steroid dienone is 8. The van der Waals surface area contributed by atoms with E-state index in [0.29, 0.717) is 12.8 Å². The summed E-state index contributed by atoms with van der Waals surface area (Å²) in [6.45, 7) is 2.73. The maximum absolute atomic E-state index is 12.6. The van der Waals surface area contributed by atoms with Gasteiger partial charge in [-0.25, -0.2) is 4.57 Å². The van der Waals surface area contributed by atoms with E-state index in [2.05, 4.69) is 67.0 Å². The summed E-state index contributed by atoms with van der Waals surface area (Å²) < 4.78 is 32.7. The Balaban J connectivity index is 4.43. The number of carbonyl (C=O) groups excluding carboxylic acids is 2. The van der Waals surface area contributed by atoms with Crippen molar-refractivity contribution in [3.63, 3.8) is 0 Å². The molecule has 0 aliphatic heterocycles. The van der Waals surface area contributed by atoms with Crippen molar-refractivity contribution in [2.45, 2.75) is 193 Å². The average Bonchev–Trinajstić information content (AvgIpc) is 3.17. The Morgan fingerprint density at radius 3 is 1.46 bits per heavy atom. The molecule has 0 heterocycles. The van der Waals surface area contributed by atoms with Crippen LogP contribution >= 0.6 is 7.82 Å². The van der Waals surface area contributed by atoms with Crippen molar-refractivity contribution in [3.05, 3.63) is 48.6 Å². The predicted molar refractivity (Wildman–Crippen MR) is 226 cm³/mol. The fraction of sp³-hybridized carbons (Fsp3) is 0.750. The Hall–Kier alpha value is -2.56. The first-order valence-corrected chi connectivity index (χ1v) is 23.2. The van der Waals surface area contributed by atoms with E-state index < -0.39 is 51.1 Å². The van der Waals surface area contributed by atoms with E-state index in [9.17, 15) is 23.8 Å². The largest absolute Gasteiger partial charge is 0.480 e. The smallest absolute Gasteiger partial charge is 0.472 e. The van der Waals surface area contributed by atoms with Crippen LogP contribution in [0.1, 0.15) is 181 Å². The highest BCUT2D eigenvalue weighted by molar-refractivity contribution is 7.47. The summed E-state index contributed by atoms with van der Waals surface area (Å²) in [5, 5.41) is 8.88. The van der Waals surface area contributed by atoms with Crippen molar-refractivity contribution in [3.8, 4) is 0 Å². The summed E-state index contributed by atoms with van der Waals surface area (Å²) >= 11 is 0. The molecule has 0 rings (SSSR count). The number of esters is 2. The molecule has 4 N–H and O–H groups in total. The minimum Gasteiger partial charge on any atom is -0.480 e. The molecule has 12 heteroatoms. The Bertz CT molecular complexity index is 1140. The molecule has 0 spiro atoms. The number of rotatable bonds is 40. The molecule has 0 aromatic heterocycles. The molecule has 0 radical (unpaired) electrons. The van der Waals surface area contributed by atoms with E-state index in [0.717, 1.165) is 83.5 Å². The summed E-state index contributed by atoms with van der Waals surface area (Å²) in [4.78, 5) is 45.9. The Morgan fingerprint density at radius 2 is 0.946 bits per heavy atom. The second-order valence-corrected chi connectivity index (χ2v) is 15.9. The quantitative estimate of drug-likeness (QED) is 0.0233. The van der Waals surface area contributed by atoms with Crippen LogP contribution in [-0.4, -0.2) is 59.9 Å². The Kier molecular flexibility index (Phi) is 37.5. The Labute approximate surface area is 339 Å². The SMILES string of the molecule is CCCCC/C=C/C/C=C/C/C=C/CCCCCCC(=O)O[C@H](COC(=O)CCCCCCC/C=C/CCCCCCCC)COP(=O)(O)OC[C@H](N)C(=O)O. The highest BCUT2D eigenvalue weighted by Crippen LogP contribution is 2.43. The van der Waals surface area contributed by atoms with Crippen LogP contribution in [0.3, 0.4) is 0 Å². The number of unbranched alkanes of at least 4 members (excludes halogenated alkanes) is 18. The van der Waals surface area contributed by atoms with Gasteiger partial charge in [0.2, 0.25) is 0 Å². The maximum atomic E-state index is 12.6. The molecule has 0 aromatic rings. The third-order valence-corrected chi connectivity index (χ3v) is 10.0. The number of carboxylic acid groups (broad SMARTS) is 1. The van der Waals surface area contributed by atoms with Crippen molar-refractivity contribution in [2.75, 3.05) is 19.8 Å². The van der Waals surface area contributed by atoms with Crippen LogP contribution in [0.4, 0.5) is 0 Å². The molecule has 11 nitrogen and oxygen atoms in total. The average molecular weight is 812 g/mol. The van der Waals surface area contributed by atoms with Gasteiger partial charge in [0.15, 0.2) is 6.10 Å². The van der Waals surface area contributed by atoms with E-state index in [1.54, 1.807) is 0 Å². The second-order valence-electron chi connectivity index (χ2n) is 14.5. The van der Waals surface area contributed by atoms with Gasteiger partial charge in [0, 0.05) is 12.8 Å². The van der Waals surface area contributed by atoms with Crippen molar-refractivity contribution < 1.29 is 47.5 Å². The third kappa shape index (κ3) is 38.3. The molecule has 56 heavy (non-hydrogen) atoms. The first kappa shape index (κ1) is 53.4. The van der Waals surface area contributed by atoms with Gasteiger partial charge in [-0.2, -0.15) is 0 Å². The lowest BCUT2D eigenvalue weighted by Gasteiger charge is -2.20. The third-order valence-electron chi connectivity index (χ3n) is 9.05. The molecular weight excluding hydrogens is 733 g/mol. The number of carboxylic acids is 1. The van der Waals surface area contributed by atoms with Crippen LogP contribution < -0.4 is 5.73 Å². The minimum absolute atomic E-state index is 0.133. The molecule has 1 unspecified atom stereocenters. The van der Waals surface area contributed by atoms with Gasteiger partial charge in [-0.1, -0.05) is 140 Å². The lowest BCUT2D eigenvalue weighted by atomic mass is 10.1. The number of nitrogens with two attached hydrogens (primary N) is 1. The second kappa shape index (κ2) is 39.3. The van der Waals surface area contributed by atoms with Crippen LogP contribution in [0.15, 0.2) is 48.6 Å². The van der Waals surface area contributed by atoms with Crippen molar-refractivity contribution >= 4 is 25.7 Å². The van der Waals surface area contributed by atoms with Gasteiger partial charge >= 0.3 is 25.7 Å². The van der Waals surface area contributed by atoms with Crippen LogP contribution in [-0.2, 0) is 37.5 Å². The van der Waals surface area contributed by atoms with Crippen LogP contribution in [0, 0.1) is 0 Å². The van der Waals surface area contributed by atoms with Crippen LogP contribution in [0.5, 0.6) is 0 Å². The van der Waals surface area contributed by atoms with E-state index in [1.165, 1.54) is 57.8 Å². The molecular formula is C44H78NO10P. The van der Waals surface area contributed by atoms with E-state index in [4.69, 9.17) is 24.8 Å². The molecule has 0 aliphatic rings. The number of phosphoric acid groups is 1. The fourth-order valence-electron chi connectivity index (χ4n) is 5.59. The van der Waals surface area contributed by atoms with Crippen LogP contribution in [0.25, 0.3) is 0 Å². The van der Waals surface area contributed by atoms with E-state index in [1.807, 2.05) is 0 Å². The first-order chi connectivity index (χ1) is 27.1. The summed E-state index contributed by atoms with van der Waals surface area (Å²) in [7, 11) is -4.72. The molecule has 0 bridgehead atoms. The van der Waals surface area contributed by atoms with Crippen molar-refractivity contribution in [1.29, 1.82) is 0 Å². The number of ether oxygens (including phenoxy) is 2. The van der Waals surface area contributed by atoms with Crippen LogP contribution in [0.2, 0.25) is 0 Å². The van der Waals surface area contributed by atoms with Gasteiger partial charge in [0.05, 0.1) is 13.2 Å². The van der Waals surface area contributed by atoms with Gasteiger partial charge in [-0.15, -0.1) is 0 Å². The first-order valence-electron chi connectivity index (χ1n) is 21.7. The Morgan fingerprint density at radius 1 is 0.554 bits per heavy atom. The molecule has 0 aromatic carbocycles. The number of aliphatic carboxylic acids is 1. The zero-order chi connectivity index (χ0) is 41.4. The molecule has 0 saturated heterocycles. The number of hydrogen-bond donors (Lipinski definition) is 3. The van der Waals surface area contributed by atoms with Crippen molar-refractivity contribution in [2.24, 2.45) is 5.73 Å². The standard InChI is InChI=1S/C44H78NO10P/c1-3-5-7-9-11-13-15-17-19-20-22-24-26-28-30-32-34-36-43(47)55-40(38-53-56(50,51)54-39-41(45)44(48)49)37-52-42(46)35-33-31-29-27-25-23-21-18-16-14-12-10-8-6-4-2/h11,13,17-19,21-22,24,40-41H,3-10,12,14-16,20,23,25-39,45H2,1-2H3,(H,48,49)(H,50,51)/b13-11+,19-17+,21-18+,24-22+/t40-,41+/m1/s1. The van der Waals surface area contributed by atoms with E-state index >= 15 is 0 Å². The molecule has 0 amide bonds. The molecule has 0 aliphatic carbocycles. The van der Waals surface area contributed by atoms with Gasteiger partial charge < -0.3 is 25.2 Å². The summed E-state index contributed by atoms with van der Waals surface area (Å²) in [6.07, 6.45) is 43.1. The zero-order valence-electron chi connectivity index (χ0n) is 35.0. The van der Waals surface area contributed by atoms with Crippen molar-refractivity contribution in [1.82, 2.24) is 0 Å². The van der Waals surface area contributed by atoms with E-state index in [-0.39, 0.29) is 19.4 Å². The fourth-order valence-corrected chi connectivity index (χ4v) is 6.37. The number of phosphoric ester groups is 1. The number of carbonyl (C=O) groups is 3. The maximum Gasteiger partial charge on any atom is 0.472 e. The van der Waals surface area contributed by atoms with Gasteiger partial charge in [-0.3, -0.25) is 23.4 Å². The summed E-state index contributed by atoms with van der Waals surface area (Å²) in [6, 6.07) is -1.53. The monoisotopic (exact) mass is 812 g/mol. The van der Waals surface area contributed by atoms with Gasteiger partial charge in [0.25, 0.3) is 0 Å². The molecule has 0 fully saturated rings. The number of hydrogen-bond acceptors (Lipinski definition) is 9. The van der Waals surface area contributed by atoms with Gasteiger partial charge in [0.1, 0.15) is 12.6 Å². The minimum atomic E-state index is -4.72. The molecule has 3 atom stereocenters. The topological polar surface area (TPSA) is 172 Å². The highest BCUT2D eigenvalue weighted by Gasteiger charge is 2.28. The lowest BCUT2D eigenvalue weighted by Crippen LogP contribution is -2.34. The summed E-state index contributed by atoms with van der Waals surface area (Å²) in [5.41, 5.74) is 5.33. The normalized spacial score (nSPS) is 14.2. The zero-order valence-corrected chi connectivity index (χ0v) is 35.9. The molecule has 0 saturated carbocycles. The lowest BCUT2D eigenvalue weighted by molar-refractivity contribution is -0.161. The molecule has 324 valence electrons. The van der Waals surface area contributed by atoms with Gasteiger partial charge in [-0.05, 0) is 77.0 Å². The predicted octanol–water partition coefficient (Wildman–Crippen LogP) is 11.4. The highest BCUT2D eigenvalue weighted by atomic mass is 31.2. The summed E-state index contributed by atoms with van der Waals surface area (Å²) in [5.74, 6) is -2.42.